The lowest BCUT2D eigenvalue weighted by molar-refractivity contribution is 0.0914. The van der Waals surface area contributed by atoms with Gasteiger partial charge in [0.2, 0.25) is 0 Å². The van der Waals surface area contributed by atoms with Crippen molar-refractivity contribution in [2.45, 2.75) is 39.5 Å². The number of ether oxygens (including phenoxy) is 3. The van der Waals surface area contributed by atoms with Crippen molar-refractivity contribution < 1.29 is 32.6 Å². The summed E-state index contributed by atoms with van der Waals surface area (Å²) < 4.78 is 40.6. The number of nitrogens with zero attached hydrogens (tertiary/aromatic N) is 2. The highest BCUT2D eigenvalue weighted by Gasteiger charge is 2.26. The number of amides is 1. The number of nitriles is 1. The van der Waals surface area contributed by atoms with E-state index in [1.54, 1.807) is 56.7 Å². The fourth-order valence-electron chi connectivity index (χ4n) is 3.71. The summed E-state index contributed by atoms with van der Waals surface area (Å²) in [5, 5.41) is 13.8. The number of nitrogens with one attached hydrogen (secondary N) is 1. The first-order valence-corrected chi connectivity index (χ1v) is 15.4. The van der Waals surface area contributed by atoms with E-state index in [0.717, 1.165) is 5.56 Å². The second-order valence-corrected chi connectivity index (χ2v) is 11.6. The van der Waals surface area contributed by atoms with Crippen LogP contribution in [-0.2, 0) is 30.9 Å². The number of carbonyl (C=O) groups excluding carboxylic acids is 1. The zero-order valence-corrected chi connectivity index (χ0v) is 24.8. The summed E-state index contributed by atoms with van der Waals surface area (Å²) in [5.41, 5.74) is 2.44. The minimum Gasteiger partial charge on any atom is -0.493 e. The van der Waals surface area contributed by atoms with Crippen molar-refractivity contribution in [1.29, 1.82) is 5.26 Å². The number of hydrogen-bond donors (Lipinski definition) is 1. The van der Waals surface area contributed by atoms with Crippen LogP contribution in [0.25, 0.3) is 0 Å². The lowest BCUT2D eigenvalue weighted by atomic mass is 10.1. The fourth-order valence-corrected chi connectivity index (χ4v) is 6.15. The van der Waals surface area contributed by atoms with Gasteiger partial charge in [-0.05, 0) is 50.6 Å². The average Bonchev–Trinajstić information content (AvgIpc) is 3.35. The van der Waals surface area contributed by atoms with E-state index in [9.17, 15) is 9.36 Å². The van der Waals surface area contributed by atoms with Gasteiger partial charge in [0.05, 0.1) is 49.9 Å². The zero-order valence-electron chi connectivity index (χ0n) is 23.0. The molecule has 1 aromatic heterocycles. The molecule has 12 heteroatoms. The molecule has 2 aromatic carbocycles. The summed E-state index contributed by atoms with van der Waals surface area (Å²) in [4.78, 5) is 17.6. The van der Waals surface area contributed by atoms with Gasteiger partial charge in [-0.2, -0.15) is 5.26 Å². The molecule has 0 saturated carbocycles. The number of anilines is 1. The molecule has 0 bridgehead atoms. The molecule has 0 aliphatic rings. The smallest absolute Gasteiger partial charge is 0.336 e. The molecule has 1 amide bonds. The Labute approximate surface area is 238 Å². The second kappa shape index (κ2) is 15.5. The number of thiazole rings is 1. The Morgan fingerprint density at radius 3 is 2.48 bits per heavy atom. The first-order valence-electron chi connectivity index (χ1n) is 12.8. The Hall–Kier alpha value is -3.26. The number of rotatable bonds is 16. The van der Waals surface area contributed by atoms with Gasteiger partial charge in [-0.25, -0.2) is 4.98 Å². The largest absolute Gasteiger partial charge is 0.493 e. The fraction of sp³-hybridized carbons (Fsp3) is 0.393. The molecule has 0 aliphatic carbocycles. The monoisotopic (exact) mass is 587 g/mol. The van der Waals surface area contributed by atoms with Crippen LogP contribution in [0.5, 0.6) is 11.5 Å². The van der Waals surface area contributed by atoms with Crippen molar-refractivity contribution in [3.05, 3.63) is 70.2 Å². The van der Waals surface area contributed by atoms with Crippen LogP contribution in [0.1, 0.15) is 48.0 Å². The molecule has 0 aliphatic heterocycles. The van der Waals surface area contributed by atoms with E-state index in [2.05, 4.69) is 16.4 Å². The molecule has 0 fully saturated rings. The van der Waals surface area contributed by atoms with Gasteiger partial charge in [0, 0.05) is 30.5 Å². The van der Waals surface area contributed by atoms with Gasteiger partial charge in [0.25, 0.3) is 5.91 Å². The predicted molar refractivity (Wildman–Crippen MR) is 153 cm³/mol. The number of aromatic nitrogens is 1. The minimum absolute atomic E-state index is 0.0129. The van der Waals surface area contributed by atoms with E-state index < -0.39 is 13.5 Å². The summed E-state index contributed by atoms with van der Waals surface area (Å²) in [6, 6.07) is 14.4. The highest BCUT2D eigenvalue weighted by atomic mass is 32.1. The van der Waals surface area contributed by atoms with E-state index in [4.69, 9.17) is 28.5 Å². The molecule has 1 atom stereocenters. The van der Waals surface area contributed by atoms with Crippen molar-refractivity contribution in [1.82, 2.24) is 4.98 Å². The van der Waals surface area contributed by atoms with E-state index in [1.807, 2.05) is 19.1 Å². The van der Waals surface area contributed by atoms with Crippen LogP contribution in [-0.4, -0.2) is 50.5 Å². The van der Waals surface area contributed by atoms with Gasteiger partial charge in [0.15, 0.2) is 5.13 Å². The molecule has 40 heavy (non-hydrogen) atoms. The van der Waals surface area contributed by atoms with Gasteiger partial charge < -0.3 is 23.3 Å². The zero-order chi connectivity index (χ0) is 29.0. The van der Waals surface area contributed by atoms with Crippen LogP contribution in [0.15, 0.2) is 47.8 Å². The van der Waals surface area contributed by atoms with Crippen LogP contribution in [0, 0.1) is 11.3 Å². The number of methoxy groups -OCH3 is 1. The molecular formula is C28H34N3O7PS. The Morgan fingerprint density at radius 2 is 1.82 bits per heavy atom. The minimum atomic E-state index is -3.32. The third-order valence-corrected chi connectivity index (χ3v) is 8.22. The topological polar surface area (TPSA) is 129 Å². The summed E-state index contributed by atoms with van der Waals surface area (Å²) >= 11 is 1.21. The molecule has 3 rings (SSSR count). The van der Waals surface area contributed by atoms with Gasteiger partial charge in [-0.15, -0.1) is 11.3 Å². The average molecular weight is 588 g/mol. The maximum absolute atomic E-state index is 13.2. The van der Waals surface area contributed by atoms with E-state index in [0.29, 0.717) is 53.1 Å². The van der Waals surface area contributed by atoms with Crippen LogP contribution >= 0.6 is 18.9 Å². The maximum Gasteiger partial charge on any atom is 0.336 e. The molecule has 0 radical (unpaired) electrons. The van der Waals surface area contributed by atoms with E-state index in [-0.39, 0.29) is 25.5 Å². The molecule has 1 N–H and O–H groups in total. The highest BCUT2D eigenvalue weighted by molar-refractivity contribution is 7.53. The van der Waals surface area contributed by atoms with Crippen LogP contribution in [0.4, 0.5) is 5.13 Å². The van der Waals surface area contributed by atoms with Gasteiger partial charge in [-0.3, -0.25) is 14.7 Å². The molecule has 3 aromatic rings. The molecule has 10 nitrogen and oxygen atoms in total. The Balaban J connectivity index is 1.72. The molecule has 0 unspecified atom stereocenters. The quantitative estimate of drug-likeness (QED) is 0.199. The van der Waals surface area contributed by atoms with Gasteiger partial charge in [0.1, 0.15) is 17.6 Å². The van der Waals surface area contributed by atoms with Gasteiger partial charge in [-0.1, -0.05) is 12.1 Å². The predicted octanol–water partition coefficient (Wildman–Crippen LogP) is 6.07. The Bertz CT molecular complexity index is 1330. The van der Waals surface area contributed by atoms with Crippen LogP contribution < -0.4 is 14.8 Å². The van der Waals surface area contributed by atoms with Crippen LogP contribution in [0.3, 0.4) is 0 Å². The molecule has 1 heterocycles. The summed E-state index contributed by atoms with van der Waals surface area (Å²) in [6.45, 7) is 6.60. The number of hydrogen-bond acceptors (Lipinski definition) is 10. The third kappa shape index (κ3) is 9.73. The van der Waals surface area contributed by atoms with Crippen molar-refractivity contribution in [2.75, 3.05) is 38.9 Å². The first kappa shape index (κ1) is 31.3. The number of carbonyl (C=O) groups is 1. The standard InChI is InChI=1S/C28H34N3O7PS/c1-5-36-39(33,37-6-2)18-24-19-40-28(30-24)31-27(32)23-13-25(15-26(14-23)38-20(3)17-34-4)35-12-11-21-7-9-22(16-29)10-8-21/h7-10,13-15,19-20H,5-6,11-12,17-18H2,1-4H3,(H,30,31,32)/t20-/m0/s1. The first-order chi connectivity index (χ1) is 19.3. The van der Waals surface area contributed by atoms with Crippen molar-refractivity contribution in [3.8, 4) is 17.6 Å². The van der Waals surface area contributed by atoms with Crippen molar-refractivity contribution in [2.24, 2.45) is 0 Å². The molecular weight excluding hydrogens is 553 g/mol. The third-order valence-electron chi connectivity index (χ3n) is 5.40. The van der Waals surface area contributed by atoms with E-state index >= 15 is 0 Å². The van der Waals surface area contributed by atoms with Gasteiger partial charge >= 0.3 is 7.60 Å². The van der Waals surface area contributed by atoms with E-state index in [1.165, 1.54) is 11.3 Å². The highest BCUT2D eigenvalue weighted by Crippen LogP contribution is 2.51. The number of benzene rings is 2. The maximum atomic E-state index is 13.2. The van der Waals surface area contributed by atoms with Crippen LogP contribution in [0.2, 0.25) is 0 Å². The van der Waals surface area contributed by atoms with Crippen molar-refractivity contribution in [3.63, 3.8) is 0 Å². The lowest BCUT2D eigenvalue weighted by Crippen LogP contribution is -2.19. The lowest BCUT2D eigenvalue weighted by Gasteiger charge is -2.16. The normalized spacial score (nSPS) is 12.0. The summed E-state index contributed by atoms with van der Waals surface area (Å²) in [6.07, 6.45) is 0.384. The Kier molecular flexibility index (Phi) is 12.1. The molecule has 0 spiro atoms. The Morgan fingerprint density at radius 1 is 1.12 bits per heavy atom. The summed E-state index contributed by atoms with van der Waals surface area (Å²) in [7, 11) is -1.73. The van der Waals surface area contributed by atoms with Crippen molar-refractivity contribution >= 4 is 30.0 Å². The summed E-state index contributed by atoms with van der Waals surface area (Å²) in [5.74, 6) is 0.523. The molecule has 0 saturated heterocycles. The second-order valence-electron chi connectivity index (χ2n) is 8.69. The SMILES string of the molecule is CCOP(=O)(Cc1csc(NC(=O)c2cc(OCCc3ccc(C#N)cc3)cc(O[C@@H](C)COC)c2)n1)OCC. The molecule has 214 valence electrons.